The maximum atomic E-state index is 13.7. The van der Waals surface area contributed by atoms with Gasteiger partial charge in [0.15, 0.2) is 6.10 Å². The van der Waals surface area contributed by atoms with E-state index in [-0.39, 0.29) is 21.7 Å². The van der Waals surface area contributed by atoms with E-state index < -0.39 is 22.0 Å². The lowest BCUT2D eigenvalue weighted by Gasteiger charge is -2.36. The molecule has 1 atom stereocenters. The van der Waals surface area contributed by atoms with Crippen molar-refractivity contribution >= 4 is 48.9 Å². The molecular formula is C27H27N3O5S2. The van der Waals surface area contributed by atoms with E-state index in [2.05, 4.69) is 5.32 Å². The Labute approximate surface area is 219 Å². The van der Waals surface area contributed by atoms with Crippen molar-refractivity contribution in [3.05, 3.63) is 82.0 Å². The molecule has 0 saturated carbocycles. The molecule has 1 aromatic heterocycles. The number of rotatable bonds is 4. The Morgan fingerprint density at radius 3 is 2.49 bits per heavy atom. The summed E-state index contributed by atoms with van der Waals surface area (Å²) in [6, 6.07) is 18.8. The molecule has 0 spiro atoms. The van der Waals surface area contributed by atoms with Gasteiger partial charge in [-0.3, -0.25) is 13.9 Å². The van der Waals surface area contributed by atoms with Gasteiger partial charge in [-0.1, -0.05) is 56.4 Å². The number of sulfonamides is 1. The minimum atomic E-state index is -3.97. The van der Waals surface area contributed by atoms with Gasteiger partial charge < -0.3 is 14.6 Å². The standard InChI is InChI=1S/C27H27N3O5S2/c1-27(2,3)17-10-13-22-21(14-17)30(37(33,34)19-8-6-5-7-9-19)16-23(35-22)25(31)28-18-11-12-20-24(15-18)36-26(32)29(20)4/h5-15,23H,16H2,1-4H3,(H,28,31). The van der Waals surface area contributed by atoms with Crippen LogP contribution in [0.25, 0.3) is 10.2 Å². The molecule has 5 rings (SSSR count). The number of anilines is 2. The fourth-order valence-corrected chi connectivity index (χ4v) is 6.64. The number of thiazole rings is 1. The third-order valence-electron chi connectivity index (χ3n) is 6.38. The fourth-order valence-electron chi connectivity index (χ4n) is 4.24. The monoisotopic (exact) mass is 537 g/mol. The molecule has 192 valence electrons. The summed E-state index contributed by atoms with van der Waals surface area (Å²) >= 11 is 1.09. The number of carbonyl (C=O) groups excluding carboxylic acids is 1. The summed E-state index contributed by atoms with van der Waals surface area (Å²) in [6.45, 7) is 5.95. The highest BCUT2D eigenvalue weighted by molar-refractivity contribution is 7.92. The van der Waals surface area contributed by atoms with E-state index >= 15 is 0 Å². The maximum Gasteiger partial charge on any atom is 0.307 e. The van der Waals surface area contributed by atoms with Crippen molar-refractivity contribution in [2.45, 2.75) is 37.2 Å². The van der Waals surface area contributed by atoms with Gasteiger partial charge in [-0.05, 0) is 53.4 Å². The van der Waals surface area contributed by atoms with E-state index in [1.807, 2.05) is 32.9 Å². The number of hydrogen-bond acceptors (Lipinski definition) is 6. The molecule has 0 saturated heterocycles. The van der Waals surface area contributed by atoms with Gasteiger partial charge in [0, 0.05) is 12.7 Å². The van der Waals surface area contributed by atoms with Crippen LogP contribution in [0.15, 0.2) is 76.4 Å². The van der Waals surface area contributed by atoms with E-state index in [0.717, 1.165) is 27.1 Å². The summed E-state index contributed by atoms with van der Waals surface area (Å²) in [4.78, 5) is 25.3. The summed E-state index contributed by atoms with van der Waals surface area (Å²) in [6.07, 6.45) is -1.09. The third-order valence-corrected chi connectivity index (χ3v) is 9.17. The molecule has 1 unspecified atom stereocenters. The summed E-state index contributed by atoms with van der Waals surface area (Å²) in [5.41, 5.74) is 2.39. The van der Waals surface area contributed by atoms with Crippen LogP contribution in [0.4, 0.5) is 11.4 Å². The van der Waals surface area contributed by atoms with Crippen LogP contribution in [0, 0.1) is 0 Å². The SMILES string of the molecule is Cn1c(=O)sc2cc(NC(=O)C3CN(S(=O)(=O)c4ccccc4)c4cc(C(C)(C)C)ccc4O3)ccc21. The Hall–Kier alpha value is -3.63. The van der Waals surface area contributed by atoms with Gasteiger partial charge in [-0.2, -0.15) is 0 Å². The Morgan fingerprint density at radius 1 is 1.05 bits per heavy atom. The molecule has 1 amide bonds. The van der Waals surface area contributed by atoms with Crippen LogP contribution < -0.4 is 19.2 Å². The predicted molar refractivity (Wildman–Crippen MR) is 146 cm³/mol. The Morgan fingerprint density at radius 2 is 1.78 bits per heavy atom. The first-order chi connectivity index (χ1) is 17.4. The van der Waals surface area contributed by atoms with Crippen LogP contribution >= 0.6 is 11.3 Å². The number of nitrogens with zero attached hydrogens (tertiary/aromatic N) is 2. The highest BCUT2D eigenvalue weighted by Crippen LogP contribution is 2.40. The number of aryl methyl sites for hydroxylation is 1. The zero-order valence-electron chi connectivity index (χ0n) is 20.9. The summed E-state index contributed by atoms with van der Waals surface area (Å²) in [5, 5.41) is 2.82. The maximum absolute atomic E-state index is 13.7. The molecule has 8 nitrogen and oxygen atoms in total. The van der Waals surface area contributed by atoms with E-state index in [1.54, 1.807) is 54.1 Å². The zero-order valence-corrected chi connectivity index (χ0v) is 22.5. The summed E-state index contributed by atoms with van der Waals surface area (Å²) < 4.78 is 37.0. The molecule has 2 heterocycles. The number of aromatic nitrogens is 1. The lowest BCUT2D eigenvalue weighted by Crippen LogP contribution is -2.49. The van der Waals surface area contributed by atoms with Gasteiger partial charge in [0.25, 0.3) is 15.9 Å². The second-order valence-corrected chi connectivity index (χ2v) is 12.8. The van der Waals surface area contributed by atoms with Gasteiger partial charge in [0.1, 0.15) is 5.75 Å². The van der Waals surface area contributed by atoms with Crippen LogP contribution in [0.3, 0.4) is 0 Å². The van der Waals surface area contributed by atoms with E-state index in [1.165, 1.54) is 16.4 Å². The van der Waals surface area contributed by atoms with Gasteiger partial charge in [0.05, 0.1) is 27.3 Å². The van der Waals surface area contributed by atoms with Crippen molar-refractivity contribution in [1.82, 2.24) is 4.57 Å². The number of benzene rings is 3. The zero-order chi connectivity index (χ0) is 26.5. The highest BCUT2D eigenvalue weighted by atomic mass is 32.2. The Bertz CT molecular complexity index is 1670. The van der Waals surface area contributed by atoms with Gasteiger partial charge in [0.2, 0.25) is 0 Å². The van der Waals surface area contributed by atoms with Crippen LogP contribution in [0.5, 0.6) is 5.75 Å². The van der Waals surface area contributed by atoms with Gasteiger partial charge >= 0.3 is 4.87 Å². The average Bonchev–Trinajstić information content (AvgIpc) is 3.15. The van der Waals surface area contributed by atoms with Crippen LogP contribution in [0.1, 0.15) is 26.3 Å². The van der Waals surface area contributed by atoms with Crippen molar-refractivity contribution in [1.29, 1.82) is 0 Å². The van der Waals surface area contributed by atoms with Crippen molar-refractivity contribution in [2.75, 3.05) is 16.2 Å². The summed E-state index contributed by atoms with van der Waals surface area (Å²) in [7, 11) is -2.28. The van der Waals surface area contributed by atoms with E-state index in [0.29, 0.717) is 17.1 Å². The minimum Gasteiger partial charge on any atom is -0.476 e. The van der Waals surface area contributed by atoms with Gasteiger partial charge in [-0.15, -0.1) is 0 Å². The van der Waals surface area contributed by atoms with Crippen LogP contribution in [-0.2, 0) is 27.3 Å². The second-order valence-electron chi connectivity index (χ2n) is 9.99. The molecule has 1 N–H and O–H groups in total. The van der Waals surface area contributed by atoms with Crippen molar-refractivity contribution in [3.8, 4) is 5.75 Å². The number of hydrogen-bond donors (Lipinski definition) is 1. The molecule has 1 aliphatic rings. The first-order valence-electron chi connectivity index (χ1n) is 11.7. The lowest BCUT2D eigenvalue weighted by atomic mass is 9.86. The van der Waals surface area contributed by atoms with Crippen molar-refractivity contribution in [2.24, 2.45) is 7.05 Å². The second kappa shape index (κ2) is 9.04. The van der Waals surface area contributed by atoms with Gasteiger partial charge in [-0.25, -0.2) is 8.42 Å². The normalized spacial score (nSPS) is 15.8. The quantitative estimate of drug-likeness (QED) is 0.414. The summed E-state index contributed by atoms with van der Waals surface area (Å²) in [5.74, 6) is -0.169. The number of nitrogens with one attached hydrogen (secondary N) is 1. The smallest absolute Gasteiger partial charge is 0.307 e. The molecule has 3 aromatic carbocycles. The first kappa shape index (κ1) is 25.0. The molecule has 0 fully saturated rings. The van der Waals surface area contributed by atoms with E-state index in [9.17, 15) is 18.0 Å². The molecule has 4 aromatic rings. The molecule has 0 aliphatic carbocycles. The molecular weight excluding hydrogens is 510 g/mol. The molecule has 37 heavy (non-hydrogen) atoms. The highest BCUT2D eigenvalue weighted by Gasteiger charge is 2.38. The third kappa shape index (κ3) is 4.62. The van der Waals surface area contributed by atoms with E-state index in [4.69, 9.17) is 4.74 Å². The molecule has 10 heteroatoms. The lowest BCUT2D eigenvalue weighted by molar-refractivity contribution is -0.122. The molecule has 0 radical (unpaired) electrons. The largest absolute Gasteiger partial charge is 0.476 e. The predicted octanol–water partition coefficient (Wildman–Crippen LogP) is 4.49. The number of amides is 1. The molecule has 1 aliphatic heterocycles. The number of fused-ring (bicyclic) bond motifs is 2. The van der Waals surface area contributed by atoms with Crippen molar-refractivity contribution in [3.63, 3.8) is 0 Å². The number of carbonyl (C=O) groups is 1. The Balaban J connectivity index is 1.51. The topological polar surface area (TPSA) is 97.7 Å². The molecule has 0 bridgehead atoms. The Kier molecular flexibility index (Phi) is 6.12. The van der Waals surface area contributed by atoms with Crippen LogP contribution in [0.2, 0.25) is 0 Å². The average molecular weight is 538 g/mol. The first-order valence-corrected chi connectivity index (χ1v) is 14.0. The van der Waals surface area contributed by atoms with Crippen molar-refractivity contribution < 1.29 is 17.9 Å². The fraction of sp³-hybridized carbons (Fsp3) is 0.259. The number of ether oxygens (including phenoxy) is 1. The van der Waals surface area contributed by atoms with Crippen LogP contribution in [-0.4, -0.2) is 31.5 Å². The minimum absolute atomic E-state index is 0.0953.